The molecule has 0 atom stereocenters. The highest BCUT2D eigenvalue weighted by Crippen LogP contribution is 2.48. The van der Waals surface area contributed by atoms with Crippen molar-refractivity contribution in [2.75, 3.05) is 0 Å². The van der Waals surface area contributed by atoms with Crippen LogP contribution in [0.4, 0.5) is 0 Å². The molecule has 11 aromatic carbocycles. The molecule has 0 aliphatic rings. The molecule has 70 heavy (non-hydrogen) atoms. The van der Waals surface area contributed by atoms with E-state index in [0.29, 0.717) is 0 Å². The summed E-state index contributed by atoms with van der Waals surface area (Å²) in [5.41, 5.74) is 14.2. The Bertz CT molecular complexity index is 4220. The number of benzene rings is 11. The summed E-state index contributed by atoms with van der Waals surface area (Å²) in [5.74, 6) is 0. The number of aromatic nitrogens is 3. The maximum absolute atomic E-state index is 4.75. The lowest BCUT2D eigenvalue weighted by Gasteiger charge is -2.19. The maximum Gasteiger partial charge on any atom is 0.0353 e. The Morgan fingerprint density at radius 2 is 0.457 bits per heavy atom. The van der Waals surface area contributed by atoms with Crippen molar-refractivity contribution in [1.29, 1.82) is 0 Å². The molecule has 0 fully saturated rings. The van der Waals surface area contributed by atoms with Crippen LogP contribution in [0.2, 0.25) is 0 Å². The van der Waals surface area contributed by atoms with Crippen LogP contribution in [-0.4, -0.2) is 15.0 Å². The van der Waals surface area contributed by atoms with Gasteiger partial charge in [0.05, 0.1) is 0 Å². The summed E-state index contributed by atoms with van der Waals surface area (Å²) in [7, 11) is 0. The van der Waals surface area contributed by atoms with Gasteiger partial charge in [-0.25, -0.2) is 0 Å². The maximum atomic E-state index is 4.75. The second kappa shape index (κ2) is 16.2. The smallest absolute Gasteiger partial charge is 0.0353 e. The minimum absolute atomic E-state index is 1.12. The third-order valence-electron chi connectivity index (χ3n) is 14.5. The molecule has 0 saturated heterocycles. The molecule has 3 aromatic heterocycles. The van der Waals surface area contributed by atoms with Crippen LogP contribution in [0, 0.1) is 0 Å². The van der Waals surface area contributed by atoms with Crippen LogP contribution in [0.15, 0.2) is 250 Å². The monoisotopic (exact) mass is 887 g/mol. The molecule has 3 nitrogen and oxygen atoms in total. The van der Waals surface area contributed by atoms with Gasteiger partial charge in [0.15, 0.2) is 0 Å². The van der Waals surface area contributed by atoms with Crippen LogP contribution in [-0.2, 0) is 0 Å². The van der Waals surface area contributed by atoms with Gasteiger partial charge >= 0.3 is 0 Å². The first-order valence-electron chi connectivity index (χ1n) is 23.9. The molecular formula is C67H41N3. The molecule has 3 heteroatoms. The van der Waals surface area contributed by atoms with Crippen LogP contribution in [0.5, 0.6) is 0 Å². The van der Waals surface area contributed by atoms with Crippen LogP contribution in [0.1, 0.15) is 0 Å². The highest BCUT2D eigenvalue weighted by molar-refractivity contribution is 6.24. The second-order valence-corrected chi connectivity index (χ2v) is 18.2. The van der Waals surface area contributed by atoms with Crippen molar-refractivity contribution in [3.8, 4) is 66.8 Å². The van der Waals surface area contributed by atoms with Crippen molar-refractivity contribution in [1.82, 2.24) is 15.0 Å². The summed E-state index contributed by atoms with van der Waals surface area (Å²) in [6, 6.07) is 77.4. The molecule has 0 unspecified atom stereocenters. The molecule has 0 aliphatic heterocycles. The SMILES string of the molecule is c1ccc(-c2c3ccccc3c(-c3ccc(-c4c5ccccc5c(-c5ccc(-c6c7ccccc7c(-c7ccc8ccccc8c7)c7ccncc67)cc5)c5ccncc45)cc3)c3cnccc23)cc1. The van der Waals surface area contributed by atoms with Gasteiger partial charge in [0.1, 0.15) is 0 Å². The fourth-order valence-electron chi connectivity index (χ4n) is 11.5. The van der Waals surface area contributed by atoms with Gasteiger partial charge in [-0.1, -0.05) is 188 Å². The van der Waals surface area contributed by atoms with E-state index in [0.717, 1.165) is 38.4 Å². The average Bonchev–Trinajstić information content (AvgIpc) is 3.43. The van der Waals surface area contributed by atoms with E-state index < -0.39 is 0 Å². The van der Waals surface area contributed by atoms with Gasteiger partial charge in [-0.2, -0.15) is 0 Å². The number of rotatable bonds is 6. The Balaban J connectivity index is 0.903. The quantitative estimate of drug-likeness (QED) is 0.156. The van der Waals surface area contributed by atoms with Gasteiger partial charge in [0, 0.05) is 53.3 Å². The van der Waals surface area contributed by atoms with Gasteiger partial charge in [0.2, 0.25) is 0 Å². The number of pyridine rings is 3. The standard InChI is InChI=1S/C67H41N3/c1-2-13-43(14-3-1)62-50-16-6-8-18-52(50)64(59-39-68-35-32-56(59)62)46-27-29-47(30-28-46)65-53-19-9-7-17-51(53)63(57-33-36-69-40-60(57)65)44-23-25-45(26-24-44)66-54-20-10-11-21-55(54)67(58-34-37-70-41-61(58)66)49-31-22-42-12-4-5-15-48(42)38-49/h1-41H. The number of hydrogen-bond donors (Lipinski definition) is 0. The van der Waals surface area contributed by atoms with Crippen LogP contribution in [0.3, 0.4) is 0 Å². The fraction of sp³-hybridized carbons (Fsp3) is 0. The summed E-state index contributed by atoms with van der Waals surface area (Å²) < 4.78 is 0. The summed E-state index contributed by atoms with van der Waals surface area (Å²) in [6.45, 7) is 0. The van der Waals surface area contributed by atoms with E-state index in [-0.39, 0.29) is 0 Å². The van der Waals surface area contributed by atoms with Crippen LogP contribution in [0.25, 0.3) is 142 Å². The average molecular weight is 888 g/mol. The molecule has 0 saturated carbocycles. The van der Waals surface area contributed by atoms with Gasteiger partial charge in [-0.05, 0) is 150 Å². The molecule has 0 amide bonds. The molecule has 14 rings (SSSR count). The van der Waals surface area contributed by atoms with Crippen molar-refractivity contribution in [3.63, 3.8) is 0 Å². The zero-order chi connectivity index (χ0) is 46.1. The predicted molar refractivity (Wildman–Crippen MR) is 295 cm³/mol. The van der Waals surface area contributed by atoms with Crippen molar-refractivity contribution in [2.45, 2.75) is 0 Å². The highest BCUT2D eigenvalue weighted by atomic mass is 14.6. The normalized spacial score (nSPS) is 11.7. The fourth-order valence-corrected chi connectivity index (χ4v) is 11.5. The minimum Gasteiger partial charge on any atom is -0.264 e. The topological polar surface area (TPSA) is 38.7 Å². The predicted octanol–water partition coefficient (Wildman–Crippen LogP) is 17.9. The van der Waals surface area contributed by atoms with E-state index in [1.165, 1.54) is 104 Å². The van der Waals surface area contributed by atoms with E-state index in [2.05, 4.69) is 217 Å². The van der Waals surface area contributed by atoms with Crippen molar-refractivity contribution in [2.24, 2.45) is 0 Å². The largest absolute Gasteiger partial charge is 0.264 e. The third-order valence-corrected chi connectivity index (χ3v) is 14.5. The summed E-state index contributed by atoms with van der Waals surface area (Å²) in [5, 5.41) is 16.7. The lowest BCUT2D eigenvalue weighted by Crippen LogP contribution is -1.93. The molecule has 0 bridgehead atoms. The van der Waals surface area contributed by atoms with Gasteiger partial charge in [-0.3, -0.25) is 15.0 Å². The van der Waals surface area contributed by atoms with E-state index in [1.807, 2.05) is 37.2 Å². The van der Waals surface area contributed by atoms with E-state index in [9.17, 15) is 0 Å². The first kappa shape index (κ1) is 39.8. The molecule has 324 valence electrons. The van der Waals surface area contributed by atoms with Gasteiger partial charge in [-0.15, -0.1) is 0 Å². The molecule has 0 aliphatic carbocycles. The zero-order valence-corrected chi connectivity index (χ0v) is 38.0. The number of fused-ring (bicyclic) bond motifs is 7. The molecule has 0 spiro atoms. The Morgan fingerprint density at radius 3 is 0.843 bits per heavy atom. The van der Waals surface area contributed by atoms with Crippen LogP contribution >= 0.6 is 0 Å². The molecule has 0 N–H and O–H groups in total. The van der Waals surface area contributed by atoms with E-state index in [1.54, 1.807) is 0 Å². The van der Waals surface area contributed by atoms with Crippen LogP contribution < -0.4 is 0 Å². The van der Waals surface area contributed by atoms with Crippen molar-refractivity contribution in [3.05, 3.63) is 250 Å². The number of nitrogens with zero attached hydrogens (tertiary/aromatic N) is 3. The lowest BCUT2D eigenvalue weighted by molar-refractivity contribution is 1.36. The zero-order valence-electron chi connectivity index (χ0n) is 38.0. The molecular weight excluding hydrogens is 847 g/mol. The minimum atomic E-state index is 1.12. The summed E-state index contributed by atoms with van der Waals surface area (Å²) in [4.78, 5) is 14.1. The first-order valence-corrected chi connectivity index (χ1v) is 23.9. The van der Waals surface area contributed by atoms with Gasteiger partial charge < -0.3 is 0 Å². The first-order chi connectivity index (χ1) is 34.8. The summed E-state index contributed by atoms with van der Waals surface area (Å²) >= 11 is 0. The van der Waals surface area contributed by atoms with Gasteiger partial charge in [0.25, 0.3) is 0 Å². The Hall–Kier alpha value is -9.31. The number of hydrogen-bond acceptors (Lipinski definition) is 3. The molecule has 0 radical (unpaired) electrons. The summed E-state index contributed by atoms with van der Waals surface area (Å²) in [6.07, 6.45) is 11.9. The highest BCUT2D eigenvalue weighted by Gasteiger charge is 2.21. The van der Waals surface area contributed by atoms with Crippen molar-refractivity contribution < 1.29 is 0 Å². The van der Waals surface area contributed by atoms with E-state index in [4.69, 9.17) is 9.97 Å². The lowest BCUT2D eigenvalue weighted by atomic mass is 9.84. The molecule has 14 aromatic rings. The van der Waals surface area contributed by atoms with Crippen molar-refractivity contribution >= 4 is 75.4 Å². The molecule has 3 heterocycles. The Morgan fingerprint density at radius 1 is 0.186 bits per heavy atom. The second-order valence-electron chi connectivity index (χ2n) is 18.2. The Labute approximate surface area is 404 Å². The third kappa shape index (κ3) is 6.26. The van der Waals surface area contributed by atoms with E-state index >= 15 is 0 Å². The Kier molecular flexibility index (Phi) is 9.21.